The molecule has 11 heteroatoms. The van der Waals surface area contributed by atoms with Crippen molar-refractivity contribution in [1.82, 2.24) is 24.5 Å². The first-order chi connectivity index (χ1) is 19.1. The molecule has 1 aliphatic rings. The Balaban J connectivity index is 1.14. The molecule has 0 saturated carbocycles. The van der Waals surface area contributed by atoms with Gasteiger partial charge in [-0.05, 0) is 42.7 Å². The highest BCUT2D eigenvalue weighted by Crippen LogP contribution is 2.27. The van der Waals surface area contributed by atoms with Crippen molar-refractivity contribution in [3.8, 4) is 11.1 Å². The zero-order valence-corrected chi connectivity index (χ0v) is 21.8. The number of amides is 1. The molecule has 0 aliphatic carbocycles. The second-order valence-corrected chi connectivity index (χ2v) is 9.68. The average Bonchev–Trinajstić information content (AvgIpc) is 3.66. The molecule has 4 heterocycles. The molecule has 1 fully saturated rings. The minimum Gasteiger partial charge on any atom is -0.481 e. The fourth-order valence-electron chi connectivity index (χ4n) is 4.86. The molecule has 0 spiro atoms. The molecular weight excluding hydrogens is 498 g/mol. The number of fused-ring (bicyclic) bond motifs is 1. The summed E-state index contributed by atoms with van der Waals surface area (Å²) in [7, 11) is 0. The van der Waals surface area contributed by atoms with Crippen LogP contribution >= 0.6 is 0 Å². The van der Waals surface area contributed by atoms with Crippen LogP contribution in [0.25, 0.3) is 16.8 Å². The molecule has 1 amide bonds. The Morgan fingerprint density at radius 2 is 1.74 bits per heavy atom. The van der Waals surface area contributed by atoms with E-state index in [2.05, 4.69) is 49.7 Å². The highest BCUT2D eigenvalue weighted by Gasteiger charge is 2.21. The lowest BCUT2D eigenvalue weighted by Gasteiger charge is -2.36. The van der Waals surface area contributed by atoms with Crippen molar-refractivity contribution < 1.29 is 19.1 Å². The standard InChI is InChI=1S/C28H33N7O4/c36-25(7-3-1-2-4-8-26(37)38)34-15-13-33(14-16-34)22-11-9-21(10-12-22)24-19-30-28(35-20-31-32-27(24)35)29-18-23-6-5-17-39-23/h5-6,9-12,17,19-20H,1-4,7-8,13-16,18H2,(H,29,30)(H,37,38). The summed E-state index contributed by atoms with van der Waals surface area (Å²) in [5, 5.41) is 20.4. The van der Waals surface area contributed by atoms with Gasteiger partial charge in [-0.15, -0.1) is 10.2 Å². The first kappa shape index (κ1) is 26.2. The number of anilines is 2. The van der Waals surface area contributed by atoms with Crippen LogP contribution in [-0.4, -0.2) is 67.6 Å². The molecule has 1 saturated heterocycles. The number of hydrogen-bond donors (Lipinski definition) is 2. The first-order valence-corrected chi connectivity index (χ1v) is 13.4. The van der Waals surface area contributed by atoms with Gasteiger partial charge >= 0.3 is 5.97 Å². The third kappa shape index (κ3) is 6.54. The Bertz CT molecular complexity index is 1380. The van der Waals surface area contributed by atoms with Crippen molar-refractivity contribution in [2.24, 2.45) is 0 Å². The van der Waals surface area contributed by atoms with E-state index in [0.717, 1.165) is 54.9 Å². The Hall–Kier alpha value is -4.41. The van der Waals surface area contributed by atoms with Gasteiger partial charge in [-0.2, -0.15) is 0 Å². The van der Waals surface area contributed by atoms with Gasteiger partial charge in [-0.1, -0.05) is 25.0 Å². The number of furan rings is 1. The number of aromatic nitrogens is 4. The molecular formula is C28H33N7O4. The van der Waals surface area contributed by atoms with Gasteiger partial charge in [0, 0.05) is 56.5 Å². The van der Waals surface area contributed by atoms with E-state index in [1.807, 2.05) is 21.4 Å². The summed E-state index contributed by atoms with van der Waals surface area (Å²) < 4.78 is 7.22. The van der Waals surface area contributed by atoms with Crippen LogP contribution in [0, 0.1) is 0 Å². The molecule has 0 bridgehead atoms. The zero-order valence-electron chi connectivity index (χ0n) is 21.8. The summed E-state index contributed by atoms with van der Waals surface area (Å²) in [5.41, 5.74) is 3.72. The maximum absolute atomic E-state index is 12.6. The number of hydrogen-bond acceptors (Lipinski definition) is 8. The van der Waals surface area contributed by atoms with Crippen molar-refractivity contribution >= 4 is 29.2 Å². The fourth-order valence-corrected chi connectivity index (χ4v) is 4.86. The highest BCUT2D eigenvalue weighted by atomic mass is 16.4. The largest absolute Gasteiger partial charge is 0.481 e. The second kappa shape index (κ2) is 12.4. The number of nitrogens with one attached hydrogen (secondary N) is 1. The maximum atomic E-state index is 12.6. The van der Waals surface area contributed by atoms with E-state index in [-0.39, 0.29) is 12.3 Å². The van der Waals surface area contributed by atoms with E-state index in [4.69, 9.17) is 9.52 Å². The summed E-state index contributed by atoms with van der Waals surface area (Å²) in [5.74, 6) is 0.882. The number of rotatable bonds is 12. The molecule has 4 aromatic rings. The van der Waals surface area contributed by atoms with E-state index in [1.54, 1.807) is 18.8 Å². The number of carboxylic acid groups (broad SMARTS) is 1. The minimum absolute atomic E-state index is 0.190. The topological polar surface area (TPSA) is 129 Å². The monoisotopic (exact) mass is 531 g/mol. The summed E-state index contributed by atoms with van der Waals surface area (Å²) in [6.45, 7) is 3.49. The SMILES string of the molecule is O=C(O)CCCCCCC(=O)N1CCN(c2ccc(-c3cnc(NCc4ccco4)n4cnnc34)cc2)CC1. The molecule has 5 rings (SSSR count). The highest BCUT2D eigenvalue weighted by molar-refractivity contribution is 5.79. The lowest BCUT2D eigenvalue weighted by molar-refractivity contribution is -0.137. The van der Waals surface area contributed by atoms with E-state index in [9.17, 15) is 9.59 Å². The van der Waals surface area contributed by atoms with Crippen molar-refractivity contribution in [3.63, 3.8) is 0 Å². The number of piperazine rings is 1. The fraction of sp³-hybridized carbons (Fsp3) is 0.393. The first-order valence-electron chi connectivity index (χ1n) is 13.4. The van der Waals surface area contributed by atoms with Gasteiger partial charge in [0.2, 0.25) is 11.9 Å². The molecule has 204 valence electrons. The van der Waals surface area contributed by atoms with Gasteiger partial charge in [-0.3, -0.25) is 14.0 Å². The Labute approximate surface area is 226 Å². The van der Waals surface area contributed by atoms with Crippen molar-refractivity contribution in [1.29, 1.82) is 0 Å². The Morgan fingerprint density at radius 3 is 2.46 bits per heavy atom. The molecule has 0 atom stereocenters. The molecule has 0 unspecified atom stereocenters. The summed E-state index contributed by atoms with van der Waals surface area (Å²) in [6, 6.07) is 12.1. The third-order valence-corrected chi connectivity index (χ3v) is 7.04. The lowest BCUT2D eigenvalue weighted by atomic mass is 10.1. The van der Waals surface area contributed by atoms with Gasteiger partial charge < -0.3 is 24.6 Å². The number of unbranched alkanes of at least 4 members (excludes halogenated alkanes) is 3. The van der Waals surface area contributed by atoms with Gasteiger partial charge in [0.05, 0.1) is 12.8 Å². The number of carboxylic acids is 1. The van der Waals surface area contributed by atoms with Gasteiger partial charge in [-0.25, -0.2) is 4.98 Å². The van der Waals surface area contributed by atoms with Gasteiger partial charge in [0.25, 0.3) is 0 Å². The number of benzene rings is 1. The molecule has 1 aromatic carbocycles. The molecule has 0 radical (unpaired) electrons. The summed E-state index contributed by atoms with van der Waals surface area (Å²) in [4.78, 5) is 32.0. The molecule has 1 aliphatic heterocycles. The Kier molecular flexibility index (Phi) is 8.35. The van der Waals surface area contributed by atoms with Crippen LogP contribution in [0.3, 0.4) is 0 Å². The number of carbonyl (C=O) groups excluding carboxylic acids is 1. The van der Waals surface area contributed by atoms with Crippen LogP contribution in [-0.2, 0) is 16.1 Å². The second-order valence-electron chi connectivity index (χ2n) is 9.68. The predicted octanol–water partition coefficient (Wildman–Crippen LogP) is 4.07. The van der Waals surface area contributed by atoms with Gasteiger partial charge in [0.1, 0.15) is 12.1 Å². The Morgan fingerprint density at radius 1 is 0.974 bits per heavy atom. The quantitative estimate of drug-likeness (QED) is 0.260. The van der Waals surface area contributed by atoms with Crippen LogP contribution in [0.4, 0.5) is 11.6 Å². The number of aliphatic carboxylic acids is 1. The normalized spacial score (nSPS) is 13.6. The minimum atomic E-state index is -0.757. The summed E-state index contributed by atoms with van der Waals surface area (Å²) in [6.07, 6.45) is 9.07. The van der Waals surface area contributed by atoms with Crippen molar-refractivity contribution in [3.05, 3.63) is 60.9 Å². The number of carbonyl (C=O) groups is 2. The molecule has 3 aromatic heterocycles. The molecule has 2 N–H and O–H groups in total. The average molecular weight is 532 g/mol. The predicted molar refractivity (Wildman–Crippen MR) is 146 cm³/mol. The van der Waals surface area contributed by atoms with Crippen LogP contribution < -0.4 is 10.2 Å². The van der Waals surface area contributed by atoms with E-state index in [0.29, 0.717) is 44.1 Å². The summed E-state index contributed by atoms with van der Waals surface area (Å²) >= 11 is 0. The van der Waals surface area contributed by atoms with E-state index < -0.39 is 5.97 Å². The van der Waals surface area contributed by atoms with Crippen LogP contribution in [0.2, 0.25) is 0 Å². The van der Waals surface area contributed by atoms with Crippen molar-refractivity contribution in [2.45, 2.75) is 45.1 Å². The van der Waals surface area contributed by atoms with E-state index >= 15 is 0 Å². The van der Waals surface area contributed by atoms with Crippen LogP contribution in [0.5, 0.6) is 0 Å². The third-order valence-electron chi connectivity index (χ3n) is 7.04. The molecule has 39 heavy (non-hydrogen) atoms. The lowest BCUT2D eigenvalue weighted by Crippen LogP contribution is -2.48. The van der Waals surface area contributed by atoms with E-state index in [1.165, 1.54) is 0 Å². The van der Waals surface area contributed by atoms with Crippen LogP contribution in [0.1, 0.15) is 44.3 Å². The van der Waals surface area contributed by atoms with Gasteiger partial charge in [0.15, 0.2) is 5.65 Å². The number of nitrogens with zero attached hydrogens (tertiary/aromatic N) is 6. The molecule has 11 nitrogen and oxygen atoms in total. The zero-order chi connectivity index (χ0) is 27.0. The smallest absolute Gasteiger partial charge is 0.303 e. The van der Waals surface area contributed by atoms with Crippen molar-refractivity contribution in [2.75, 3.05) is 36.4 Å². The maximum Gasteiger partial charge on any atom is 0.303 e. The van der Waals surface area contributed by atoms with Crippen LogP contribution in [0.15, 0.2) is 59.6 Å².